The van der Waals surface area contributed by atoms with Crippen LogP contribution in [0.25, 0.3) is 0 Å². The lowest BCUT2D eigenvalue weighted by molar-refractivity contribution is -0.137. The van der Waals surface area contributed by atoms with Crippen LogP contribution in [0.5, 0.6) is 0 Å². The van der Waals surface area contributed by atoms with Crippen molar-refractivity contribution in [2.45, 2.75) is 13.1 Å². The van der Waals surface area contributed by atoms with Gasteiger partial charge in [0.15, 0.2) is 0 Å². The second-order valence-electron chi connectivity index (χ2n) is 6.06. The predicted octanol–water partition coefficient (Wildman–Crippen LogP) is 3.75. The molecule has 2 aromatic rings. The molecule has 2 rings (SSSR count). The van der Waals surface area contributed by atoms with E-state index in [1.807, 2.05) is 0 Å². The number of alkyl halides is 3. The van der Waals surface area contributed by atoms with Crippen molar-refractivity contribution in [1.82, 2.24) is 5.32 Å². The molecule has 0 aliphatic rings. The summed E-state index contributed by atoms with van der Waals surface area (Å²) >= 11 is 0. The van der Waals surface area contributed by atoms with Gasteiger partial charge in [0.1, 0.15) is 0 Å². The van der Waals surface area contributed by atoms with Crippen molar-refractivity contribution in [3.8, 4) is 0 Å². The molecule has 0 aromatic heterocycles. The Balaban J connectivity index is 2.10. The van der Waals surface area contributed by atoms with E-state index in [2.05, 4.69) is 16.0 Å². The van der Waals surface area contributed by atoms with Gasteiger partial charge in [0.25, 0.3) is 5.91 Å². The van der Waals surface area contributed by atoms with E-state index in [9.17, 15) is 22.8 Å². The molecular formula is C19H20F3N3O2. The van der Waals surface area contributed by atoms with Gasteiger partial charge in [0.2, 0.25) is 5.91 Å². The number of amides is 2. The zero-order valence-electron chi connectivity index (χ0n) is 14.9. The fourth-order valence-electron chi connectivity index (χ4n) is 2.38. The number of carbonyl (C=O) groups excluding carboxylic acids is 2. The van der Waals surface area contributed by atoms with Crippen LogP contribution in [0.2, 0.25) is 0 Å². The third-order valence-corrected chi connectivity index (χ3v) is 3.80. The van der Waals surface area contributed by atoms with Gasteiger partial charge in [0.05, 0.1) is 5.56 Å². The van der Waals surface area contributed by atoms with Gasteiger partial charge in [-0.1, -0.05) is 19.1 Å². The van der Waals surface area contributed by atoms with Crippen molar-refractivity contribution in [3.63, 3.8) is 0 Å². The summed E-state index contributed by atoms with van der Waals surface area (Å²) in [5.41, 5.74) is -0.169. The highest BCUT2D eigenvalue weighted by Gasteiger charge is 2.30. The van der Waals surface area contributed by atoms with E-state index in [-0.39, 0.29) is 23.1 Å². The number of hydrogen-bond acceptors (Lipinski definition) is 3. The molecule has 0 saturated carbocycles. The molecule has 1 unspecified atom stereocenters. The smallest absolute Gasteiger partial charge is 0.326 e. The van der Waals surface area contributed by atoms with Crippen LogP contribution in [0, 0.1) is 5.92 Å². The number of nitrogens with one attached hydrogen (secondary N) is 3. The van der Waals surface area contributed by atoms with E-state index in [1.165, 1.54) is 24.3 Å². The highest BCUT2D eigenvalue weighted by Crippen LogP contribution is 2.30. The quantitative estimate of drug-likeness (QED) is 0.716. The van der Waals surface area contributed by atoms with Gasteiger partial charge >= 0.3 is 6.18 Å². The first-order valence-electron chi connectivity index (χ1n) is 8.25. The van der Waals surface area contributed by atoms with Crippen molar-refractivity contribution in [1.29, 1.82) is 0 Å². The molecule has 27 heavy (non-hydrogen) atoms. The van der Waals surface area contributed by atoms with Crippen molar-refractivity contribution >= 4 is 23.2 Å². The van der Waals surface area contributed by atoms with Crippen LogP contribution in [0.15, 0.2) is 48.5 Å². The third kappa shape index (κ3) is 5.82. The summed E-state index contributed by atoms with van der Waals surface area (Å²) in [5.74, 6) is -1.05. The molecule has 0 radical (unpaired) electrons. The van der Waals surface area contributed by atoms with Gasteiger partial charge in [-0.3, -0.25) is 9.59 Å². The molecule has 0 aliphatic heterocycles. The SMILES string of the molecule is CNCC(C)C(=O)Nc1cccc(C(=O)Nc2cccc(C(F)(F)F)c2)c1. The number of hydrogen-bond donors (Lipinski definition) is 3. The number of rotatable bonds is 6. The lowest BCUT2D eigenvalue weighted by Gasteiger charge is -2.13. The van der Waals surface area contributed by atoms with Gasteiger partial charge < -0.3 is 16.0 Å². The van der Waals surface area contributed by atoms with E-state index in [0.29, 0.717) is 12.2 Å². The maximum absolute atomic E-state index is 12.8. The van der Waals surface area contributed by atoms with Crippen molar-refractivity contribution in [2.24, 2.45) is 5.92 Å². The van der Waals surface area contributed by atoms with Gasteiger partial charge in [0, 0.05) is 29.4 Å². The van der Waals surface area contributed by atoms with Gasteiger partial charge in [-0.2, -0.15) is 13.2 Å². The zero-order chi connectivity index (χ0) is 20.0. The zero-order valence-corrected chi connectivity index (χ0v) is 14.9. The average Bonchev–Trinajstić information content (AvgIpc) is 2.61. The van der Waals surface area contributed by atoms with E-state index < -0.39 is 17.6 Å². The topological polar surface area (TPSA) is 70.2 Å². The molecule has 0 fully saturated rings. The molecule has 8 heteroatoms. The Bertz CT molecular complexity index is 822. The highest BCUT2D eigenvalue weighted by molar-refractivity contribution is 6.05. The second kappa shape index (κ2) is 8.68. The Morgan fingerprint density at radius 3 is 2.26 bits per heavy atom. The molecular weight excluding hydrogens is 359 g/mol. The summed E-state index contributed by atoms with van der Waals surface area (Å²) in [4.78, 5) is 24.4. The van der Waals surface area contributed by atoms with Crippen LogP contribution in [0.1, 0.15) is 22.8 Å². The summed E-state index contributed by atoms with van der Waals surface area (Å²) in [7, 11) is 1.74. The standard InChI is InChI=1S/C19H20F3N3O2/c1-12(11-23-2)17(26)24-15-7-3-5-13(9-15)18(27)25-16-8-4-6-14(10-16)19(20,21)22/h3-10,12,23H,11H2,1-2H3,(H,24,26)(H,25,27). The Hall–Kier alpha value is -2.87. The fraction of sp³-hybridized carbons (Fsp3) is 0.263. The molecule has 2 aromatic carbocycles. The summed E-state index contributed by atoms with van der Waals surface area (Å²) in [5, 5.41) is 8.04. The van der Waals surface area contributed by atoms with E-state index in [1.54, 1.807) is 26.1 Å². The molecule has 0 spiro atoms. The maximum Gasteiger partial charge on any atom is 0.416 e. The lowest BCUT2D eigenvalue weighted by Crippen LogP contribution is -2.28. The Morgan fingerprint density at radius 2 is 1.63 bits per heavy atom. The first kappa shape index (κ1) is 20.4. The largest absolute Gasteiger partial charge is 0.416 e. The van der Waals surface area contributed by atoms with Crippen LogP contribution in [-0.4, -0.2) is 25.4 Å². The van der Waals surface area contributed by atoms with Gasteiger partial charge in [-0.25, -0.2) is 0 Å². The molecule has 0 heterocycles. The van der Waals surface area contributed by atoms with E-state index in [0.717, 1.165) is 12.1 Å². The molecule has 3 N–H and O–H groups in total. The normalized spacial score (nSPS) is 12.3. The predicted molar refractivity (Wildman–Crippen MR) is 97.6 cm³/mol. The van der Waals surface area contributed by atoms with Gasteiger partial charge in [-0.05, 0) is 43.4 Å². The number of anilines is 2. The molecule has 144 valence electrons. The van der Waals surface area contributed by atoms with E-state index in [4.69, 9.17) is 0 Å². The summed E-state index contributed by atoms with van der Waals surface area (Å²) < 4.78 is 38.3. The molecule has 0 bridgehead atoms. The van der Waals surface area contributed by atoms with Crippen LogP contribution in [0.3, 0.4) is 0 Å². The fourth-order valence-corrected chi connectivity index (χ4v) is 2.38. The number of benzene rings is 2. The molecule has 1 atom stereocenters. The molecule has 0 saturated heterocycles. The van der Waals surface area contributed by atoms with Crippen molar-refractivity contribution in [2.75, 3.05) is 24.2 Å². The maximum atomic E-state index is 12.8. The Labute approximate surface area is 155 Å². The van der Waals surface area contributed by atoms with Crippen molar-refractivity contribution in [3.05, 3.63) is 59.7 Å². The lowest BCUT2D eigenvalue weighted by atomic mass is 10.1. The minimum absolute atomic E-state index is 0.0342. The minimum atomic E-state index is -4.49. The Morgan fingerprint density at radius 1 is 1.00 bits per heavy atom. The summed E-state index contributed by atoms with van der Waals surface area (Å²) in [6.45, 7) is 2.26. The summed E-state index contributed by atoms with van der Waals surface area (Å²) in [6.07, 6.45) is -4.49. The highest BCUT2D eigenvalue weighted by atomic mass is 19.4. The number of carbonyl (C=O) groups is 2. The van der Waals surface area contributed by atoms with E-state index >= 15 is 0 Å². The molecule has 5 nitrogen and oxygen atoms in total. The van der Waals surface area contributed by atoms with Crippen LogP contribution >= 0.6 is 0 Å². The Kier molecular flexibility index (Phi) is 6.57. The van der Waals surface area contributed by atoms with Crippen LogP contribution in [-0.2, 0) is 11.0 Å². The van der Waals surface area contributed by atoms with Gasteiger partial charge in [-0.15, -0.1) is 0 Å². The average molecular weight is 379 g/mol. The first-order valence-corrected chi connectivity index (χ1v) is 8.25. The van der Waals surface area contributed by atoms with Crippen LogP contribution in [0.4, 0.5) is 24.5 Å². The second-order valence-corrected chi connectivity index (χ2v) is 6.06. The third-order valence-electron chi connectivity index (χ3n) is 3.80. The number of halogens is 3. The monoisotopic (exact) mass is 379 g/mol. The minimum Gasteiger partial charge on any atom is -0.326 e. The first-order chi connectivity index (χ1) is 12.7. The summed E-state index contributed by atoms with van der Waals surface area (Å²) in [6, 6.07) is 10.6. The molecule has 0 aliphatic carbocycles. The molecule has 2 amide bonds. The van der Waals surface area contributed by atoms with Crippen LogP contribution < -0.4 is 16.0 Å². The van der Waals surface area contributed by atoms with Crippen molar-refractivity contribution < 1.29 is 22.8 Å².